The van der Waals surface area contributed by atoms with Gasteiger partial charge in [0.1, 0.15) is 5.60 Å². The molecule has 0 unspecified atom stereocenters. The van der Waals surface area contributed by atoms with Gasteiger partial charge < -0.3 is 9.57 Å². The molecule has 6 heteroatoms. The monoisotopic (exact) mass is 424 g/mol. The van der Waals surface area contributed by atoms with Gasteiger partial charge in [0.15, 0.2) is 0 Å². The van der Waals surface area contributed by atoms with Crippen LogP contribution in [0, 0.1) is 28.6 Å². The molecule has 2 fully saturated rings. The molecule has 6 nitrogen and oxygen atoms in total. The molecule has 4 atom stereocenters. The number of allylic oxidation sites excluding steroid dienone is 4. The van der Waals surface area contributed by atoms with Gasteiger partial charge in [-0.15, -0.1) is 0 Å². The SMILES string of the molecule is CCC(=O)O/N=C1/C=C2CC[C@@H]3C(=C2CC1)CC[C@@]1(C)[C@H]3CC[C@]1(CC#N)OC(C)=O. The number of oxime groups is 1. The van der Waals surface area contributed by atoms with Gasteiger partial charge in [-0.3, -0.25) is 4.79 Å². The second-order valence-electron chi connectivity index (χ2n) is 9.70. The van der Waals surface area contributed by atoms with E-state index in [4.69, 9.17) is 9.57 Å². The number of hydrogen-bond donors (Lipinski definition) is 0. The number of nitriles is 1. The first-order chi connectivity index (χ1) is 14.8. The first kappa shape index (κ1) is 21.8. The molecule has 0 saturated heterocycles. The summed E-state index contributed by atoms with van der Waals surface area (Å²) >= 11 is 0. The molecule has 0 spiro atoms. The summed E-state index contributed by atoms with van der Waals surface area (Å²) < 4.78 is 5.92. The molecule has 0 N–H and O–H groups in total. The van der Waals surface area contributed by atoms with E-state index in [0.717, 1.165) is 57.1 Å². The van der Waals surface area contributed by atoms with Crippen molar-refractivity contribution in [3.63, 3.8) is 0 Å². The zero-order valence-electron chi connectivity index (χ0n) is 18.8. The summed E-state index contributed by atoms with van der Waals surface area (Å²) in [5.74, 6) is 0.357. The molecule has 2 saturated carbocycles. The summed E-state index contributed by atoms with van der Waals surface area (Å²) in [5, 5.41) is 13.6. The fourth-order valence-corrected chi connectivity index (χ4v) is 6.78. The average Bonchev–Trinajstić information content (AvgIpc) is 3.03. The van der Waals surface area contributed by atoms with E-state index in [-0.39, 0.29) is 23.8 Å². The van der Waals surface area contributed by atoms with Crippen LogP contribution >= 0.6 is 0 Å². The molecule has 31 heavy (non-hydrogen) atoms. The fourth-order valence-electron chi connectivity index (χ4n) is 6.78. The largest absolute Gasteiger partial charge is 0.458 e. The van der Waals surface area contributed by atoms with E-state index < -0.39 is 5.60 Å². The van der Waals surface area contributed by atoms with E-state index in [1.165, 1.54) is 18.1 Å². The highest BCUT2D eigenvalue weighted by atomic mass is 16.7. The molecular formula is C25H32N2O4. The maximum atomic E-state index is 11.9. The minimum Gasteiger partial charge on any atom is -0.458 e. The zero-order chi connectivity index (χ0) is 22.2. The fraction of sp³-hybridized carbons (Fsp3) is 0.680. The van der Waals surface area contributed by atoms with Crippen molar-refractivity contribution >= 4 is 17.7 Å². The van der Waals surface area contributed by atoms with Gasteiger partial charge in [0.25, 0.3) is 0 Å². The highest BCUT2D eigenvalue weighted by Gasteiger charge is 2.63. The highest BCUT2D eigenvalue weighted by Crippen LogP contribution is 2.65. The molecule has 4 aliphatic rings. The van der Waals surface area contributed by atoms with Crippen LogP contribution in [0.25, 0.3) is 0 Å². The number of nitrogens with zero attached hydrogens (tertiary/aromatic N) is 2. The summed E-state index contributed by atoms with van der Waals surface area (Å²) in [5.41, 5.74) is 4.43. The van der Waals surface area contributed by atoms with Crippen molar-refractivity contribution in [1.82, 2.24) is 0 Å². The standard InChI is InChI=1S/C25H32N2O4/c1-4-23(29)31-27-18-6-8-19-17(15-18)5-7-21-20(19)9-11-24(3)22(21)10-12-25(24,13-14-26)30-16(2)28/h15,21-22H,4-13H2,1-3H3/b27-18+/t21-,22+,24+,25-/m1/s1. The van der Waals surface area contributed by atoms with Crippen molar-refractivity contribution in [2.45, 2.75) is 90.6 Å². The predicted molar refractivity (Wildman–Crippen MR) is 116 cm³/mol. The Morgan fingerprint density at radius 3 is 2.74 bits per heavy atom. The van der Waals surface area contributed by atoms with Gasteiger partial charge in [0, 0.05) is 18.8 Å². The highest BCUT2D eigenvalue weighted by molar-refractivity contribution is 5.97. The number of hydrogen-bond acceptors (Lipinski definition) is 6. The van der Waals surface area contributed by atoms with Crippen LogP contribution in [-0.4, -0.2) is 23.3 Å². The Kier molecular flexibility index (Phi) is 5.81. The second-order valence-corrected chi connectivity index (χ2v) is 9.70. The van der Waals surface area contributed by atoms with Crippen molar-refractivity contribution in [2.24, 2.45) is 22.4 Å². The summed E-state index contributed by atoms with van der Waals surface area (Å²) in [6, 6.07) is 2.31. The molecule has 0 aromatic carbocycles. The quantitative estimate of drug-likeness (QED) is 0.354. The lowest BCUT2D eigenvalue weighted by atomic mass is 9.54. The first-order valence-electron chi connectivity index (χ1n) is 11.6. The van der Waals surface area contributed by atoms with Crippen LogP contribution in [0.1, 0.15) is 85.0 Å². The van der Waals surface area contributed by atoms with Crippen molar-refractivity contribution in [2.75, 3.05) is 0 Å². The maximum absolute atomic E-state index is 11.9. The number of esters is 1. The molecule has 166 valence electrons. The maximum Gasteiger partial charge on any atom is 0.334 e. The molecule has 0 aromatic rings. The smallest absolute Gasteiger partial charge is 0.334 e. The van der Waals surface area contributed by atoms with Gasteiger partial charge in [-0.2, -0.15) is 5.26 Å². The first-order valence-corrected chi connectivity index (χ1v) is 11.6. The van der Waals surface area contributed by atoms with Crippen LogP contribution in [0.2, 0.25) is 0 Å². The second kappa shape index (κ2) is 8.26. The normalized spacial score (nSPS) is 35.4. The van der Waals surface area contributed by atoms with Crippen LogP contribution in [0.3, 0.4) is 0 Å². The third kappa shape index (κ3) is 3.62. The van der Waals surface area contributed by atoms with Gasteiger partial charge >= 0.3 is 11.9 Å². The Hall–Kier alpha value is -2.42. The molecule has 0 aliphatic heterocycles. The van der Waals surface area contributed by atoms with E-state index in [1.807, 2.05) is 0 Å². The van der Waals surface area contributed by atoms with E-state index in [2.05, 4.69) is 24.2 Å². The molecule has 0 aromatic heterocycles. The van der Waals surface area contributed by atoms with Crippen molar-refractivity contribution < 1.29 is 19.2 Å². The van der Waals surface area contributed by atoms with Gasteiger partial charge in [-0.05, 0) is 80.4 Å². The van der Waals surface area contributed by atoms with Gasteiger partial charge in [-0.1, -0.05) is 24.6 Å². The Bertz CT molecular complexity index is 924. The molecule has 4 rings (SSSR count). The van der Waals surface area contributed by atoms with Crippen LogP contribution in [0.5, 0.6) is 0 Å². The van der Waals surface area contributed by atoms with E-state index in [1.54, 1.807) is 12.5 Å². The lowest BCUT2D eigenvalue weighted by Crippen LogP contribution is -2.51. The number of carbonyl (C=O) groups excluding carboxylic acids is 2. The predicted octanol–water partition coefficient (Wildman–Crippen LogP) is 5.15. The number of rotatable bonds is 4. The Morgan fingerprint density at radius 2 is 2.03 bits per heavy atom. The van der Waals surface area contributed by atoms with Gasteiger partial charge in [0.05, 0.1) is 18.2 Å². The van der Waals surface area contributed by atoms with Gasteiger partial charge in [-0.25, -0.2) is 4.79 Å². The molecule has 0 heterocycles. The third-order valence-electron chi connectivity index (χ3n) is 8.29. The van der Waals surface area contributed by atoms with Crippen LogP contribution in [-0.2, 0) is 19.2 Å². The van der Waals surface area contributed by atoms with Crippen LogP contribution in [0.15, 0.2) is 28.0 Å². The molecule has 0 amide bonds. The summed E-state index contributed by atoms with van der Waals surface area (Å²) in [4.78, 5) is 28.3. The lowest BCUT2D eigenvalue weighted by molar-refractivity contribution is -0.174. The number of carbonyl (C=O) groups is 2. The van der Waals surface area contributed by atoms with E-state index in [9.17, 15) is 14.9 Å². The van der Waals surface area contributed by atoms with E-state index >= 15 is 0 Å². The number of fused-ring (bicyclic) bond motifs is 4. The topological polar surface area (TPSA) is 88.8 Å². The van der Waals surface area contributed by atoms with E-state index in [0.29, 0.717) is 18.3 Å². The molecule has 0 bridgehead atoms. The zero-order valence-corrected chi connectivity index (χ0v) is 18.8. The Labute approximate surface area is 184 Å². The molecule has 4 aliphatic carbocycles. The minimum absolute atomic E-state index is 0.153. The molecular weight excluding hydrogens is 392 g/mol. The lowest BCUT2D eigenvalue weighted by Gasteiger charge is -2.52. The number of ether oxygens (including phenoxy) is 1. The van der Waals surface area contributed by atoms with Crippen LogP contribution in [0.4, 0.5) is 0 Å². The van der Waals surface area contributed by atoms with Crippen molar-refractivity contribution in [3.05, 3.63) is 22.8 Å². The Morgan fingerprint density at radius 1 is 1.23 bits per heavy atom. The third-order valence-corrected chi connectivity index (χ3v) is 8.29. The van der Waals surface area contributed by atoms with Crippen molar-refractivity contribution in [1.29, 1.82) is 5.26 Å². The summed E-state index contributed by atoms with van der Waals surface area (Å²) in [7, 11) is 0. The molecule has 0 radical (unpaired) electrons. The Balaban J connectivity index is 1.61. The average molecular weight is 425 g/mol. The minimum atomic E-state index is -0.653. The summed E-state index contributed by atoms with van der Waals surface area (Å²) in [6.07, 6.45) is 10.3. The summed E-state index contributed by atoms with van der Waals surface area (Å²) in [6.45, 7) is 5.48. The van der Waals surface area contributed by atoms with Gasteiger partial charge in [0.2, 0.25) is 0 Å². The van der Waals surface area contributed by atoms with Crippen molar-refractivity contribution in [3.8, 4) is 6.07 Å². The van der Waals surface area contributed by atoms with Crippen LogP contribution < -0.4 is 0 Å².